The van der Waals surface area contributed by atoms with Crippen molar-refractivity contribution in [2.45, 2.75) is 6.92 Å². The molecule has 0 aliphatic rings. The quantitative estimate of drug-likeness (QED) is 0.621. The Kier molecular flexibility index (Phi) is 6.11. The molecule has 0 fully saturated rings. The third kappa shape index (κ3) is 4.85. The van der Waals surface area contributed by atoms with Gasteiger partial charge in [0.05, 0.1) is 23.4 Å². The van der Waals surface area contributed by atoms with Crippen molar-refractivity contribution < 1.29 is 14.3 Å². The summed E-state index contributed by atoms with van der Waals surface area (Å²) in [6, 6.07) is 15.7. The largest absolute Gasteiger partial charge is 0.379 e. The number of ether oxygens (including phenoxy) is 2. The van der Waals surface area contributed by atoms with Gasteiger partial charge in [0, 0.05) is 17.9 Å². The summed E-state index contributed by atoms with van der Waals surface area (Å²) in [5.41, 5.74) is 2.70. The second-order valence-corrected chi connectivity index (χ2v) is 6.40. The maximum atomic E-state index is 11.9. The van der Waals surface area contributed by atoms with Crippen molar-refractivity contribution in [1.29, 1.82) is 0 Å². The Labute approximate surface area is 150 Å². The average molecular weight is 356 g/mol. The van der Waals surface area contributed by atoms with E-state index in [0.29, 0.717) is 19.8 Å². The van der Waals surface area contributed by atoms with Crippen molar-refractivity contribution in [1.82, 2.24) is 4.98 Å². The van der Waals surface area contributed by atoms with Gasteiger partial charge in [0.15, 0.2) is 0 Å². The minimum absolute atomic E-state index is 0.0123. The summed E-state index contributed by atoms with van der Waals surface area (Å²) in [6.45, 7) is 3.49. The first-order valence-corrected chi connectivity index (χ1v) is 8.99. The number of para-hydroxylation sites is 1. The molecule has 0 saturated carbocycles. The van der Waals surface area contributed by atoms with Crippen LogP contribution in [0.5, 0.6) is 0 Å². The van der Waals surface area contributed by atoms with Crippen LogP contribution in [0.25, 0.3) is 20.8 Å². The number of aromatic nitrogens is 1. The molecule has 0 aliphatic heterocycles. The van der Waals surface area contributed by atoms with E-state index in [1.807, 2.05) is 49.4 Å². The van der Waals surface area contributed by atoms with E-state index in [0.717, 1.165) is 26.5 Å². The zero-order valence-electron chi connectivity index (χ0n) is 14.0. The van der Waals surface area contributed by atoms with Crippen LogP contribution in [0.15, 0.2) is 48.5 Å². The molecule has 0 saturated heterocycles. The molecular weight excluding hydrogens is 336 g/mol. The smallest absolute Gasteiger partial charge is 0.250 e. The lowest BCUT2D eigenvalue weighted by Gasteiger charge is -2.07. The van der Waals surface area contributed by atoms with Crippen molar-refractivity contribution in [3.8, 4) is 10.6 Å². The number of nitrogens with zero attached hydrogens (tertiary/aromatic N) is 1. The van der Waals surface area contributed by atoms with Gasteiger partial charge in [0.1, 0.15) is 11.6 Å². The van der Waals surface area contributed by atoms with E-state index in [2.05, 4.69) is 16.4 Å². The highest BCUT2D eigenvalue weighted by atomic mass is 32.1. The number of carbonyl (C=O) groups excluding carboxylic acids is 1. The molecule has 0 radical (unpaired) electrons. The maximum Gasteiger partial charge on any atom is 0.250 e. The van der Waals surface area contributed by atoms with E-state index < -0.39 is 0 Å². The Hall–Kier alpha value is -2.28. The Bertz CT molecular complexity index is 814. The average Bonchev–Trinajstić information content (AvgIpc) is 3.06. The minimum Gasteiger partial charge on any atom is -0.379 e. The van der Waals surface area contributed by atoms with Gasteiger partial charge in [-0.05, 0) is 31.2 Å². The predicted molar refractivity (Wildman–Crippen MR) is 101 cm³/mol. The number of thiazole rings is 1. The lowest BCUT2D eigenvalue weighted by Crippen LogP contribution is -2.19. The molecule has 0 aliphatic carbocycles. The second-order valence-electron chi connectivity index (χ2n) is 5.37. The molecular formula is C19H20N2O3S. The summed E-state index contributed by atoms with van der Waals surface area (Å²) in [5.74, 6) is -0.182. The first-order valence-electron chi connectivity index (χ1n) is 8.17. The van der Waals surface area contributed by atoms with Gasteiger partial charge in [-0.3, -0.25) is 4.79 Å². The highest BCUT2D eigenvalue weighted by Gasteiger charge is 2.08. The Morgan fingerprint density at radius 3 is 2.80 bits per heavy atom. The lowest BCUT2D eigenvalue weighted by molar-refractivity contribution is -0.121. The molecule has 2 aromatic carbocycles. The van der Waals surface area contributed by atoms with E-state index in [9.17, 15) is 4.79 Å². The van der Waals surface area contributed by atoms with E-state index in [-0.39, 0.29) is 12.5 Å². The van der Waals surface area contributed by atoms with Gasteiger partial charge >= 0.3 is 0 Å². The van der Waals surface area contributed by atoms with E-state index >= 15 is 0 Å². The van der Waals surface area contributed by atoms with Gasteiger partial charge in [0.25, 0.3) is 0 Å². The third-order valence-corrected chi connectivity index (χ3v) is 4.58. The predicted octanol–water partition coefficient (Wildman–Crippen LogP) is 3.95. The molecule has 1 N–H and O–H groups in total. The Morgan fingerprint density at radius 2 is 1.96 bits per heavy atom. The van der Waals surface area contributed by atoms with Gasteiger partial charge in [-0.25, -0.2) is 4.98 Å². The molecule has 0 atom stereocenters. The monoisotopic (exact) mass is 356 g/mol. The summed E-state index contributed by atoms with van der Waals surface area (Å²) >= 11 is 1.64. The molecule has 5 nitrogen and oxygen atoms in total. The molecule has 0 unspecified atom stereocenters. The van der Waals surface area contributed by atoms with E-state index in [1.165, 1.54) is 0 Å². The van der Waals surface area contributed by atoms with Crippen molar-refractivity contribution in [2.75, 3.05) is 31.7 Å². The van der Waals surface area contributed by atoms with Crippen LogP contribution < -0.4 is 5.32 Å². The topological polar surface area (TPSA) is 60.5 Å². The van der Waals surface area contributed by atoms with E-state index in [4.69, 9.17) is 9.47 Å². The number of benzene rings is 2. The maximum absolute atomic E-state index is 11.9. The Balaban J connectivity index is 1.62. The molecule has 0 bridgehead atoms. The highest BCUT2D eigenvalue weighted by Crippen LogP contribution is 2.31. The van der Waals surface area contributed by atoms with Gasteiger partial charge in [0.2, 0.25) is 5.91 Å². The van der Waals surface area contributed by atoms with E-state index in [1.54, 1.807) is 11.3 Å². The van der Waals surface area contributed by atoms with Crippen molar-refractivity contribution >= 4 is 33.1 Å². The number of carbonyl (C=O) groups is 1. The van der Waals surface area contributed by atoms with Gasteiger partial charge in [-0.1, -0.05) is 24.3 Å². The van der Waals surface area contributed by atoms with Crippen molar-refractivity contribution in [2.24, 2.45) is 0 Å². The van der Waals surface area contributed by atoms with Crippen molar-refractivity contribution in [3.63, 3.8) is 0 Å². The summed E-state index contributed by atoms with van der Waals surface area (Å²) in [5, 5.41) is 3.78. The number of fused-ring (bicyclic) bond motifs is 1. The molecule has 1 heterocycles. The number of hydrogen-bond donors (Lipinski definition) is 1. The number of hydrogen-bond acceptors (Lipinski definition) is 5. The summed E-state index contributed by atoms with van der Waals surface area (Å²) in [4.78, 5) is 16.6. The van der Waals surface area contributed by atoms with Gasteiger partial charge < -0.3 is 14.8 Å². The molecule has 3 aromatic rings. The van der Waals surface area contributed by atoms with Crippen LogP contribution in [0.4, 0.5) is 5.69 Å². The van der Waals surface area contributed by atoms with Crippen molar-refractivity contribution in [3.05, 3.63) is 48.5 Å². The number of amides is 1. The minimum atomic E-state index is -0.182. The third-order valence-electron chi connectivity index (χ3n) is 3.50. The molecule has 3 rings (SSSR count). The molecule has 1 amide bonds. The van der Waals surface area contributed by atoms with Crippen LogP contribution in [-0.4, -0.2) is 37.3 Å². The molecule has 0 spiro atoms. The van der Waals surface area contributed by atoms with Crippen LogP contribution in [-0.2, 0) is 14.3 Å². The second kappa shape index (κ2) is 8.71. The van der Waals surface area contributed by atoms with Crippen LogP contribution in [0.2, 0.25) is 0 Å². The molecule has 130 valence electrons. The van der Waals surface area contributed by atoms with Crippen LogP contribution in [0, 0.1) is 0 Å². The summed E-state index contributed by atoms with van der Waals surface area (Å²) in [7, 11) is 0. The van der Waals surface area contributed by atoms with Gasteiger partial charge in [-0.2, -0.15) is 0 Å². The molecule has 6 heteroatoms. The van der Waals surface area contributed by atoms with Crippen LogP contribution >= 0.6 is 11.3 Å². The first-order chi connectivity index (χ1) is 12.3. The number of anilines is 1. The zero-order valence-corrected chi connectivity index (χ0v) is 14.8. The highest BCUT2D eigenvalue weighted by molar-refractivity contribution is 7.21. The SMILES string of the molecule is CCOCCOCC(=O)Nc1cccc(-c2nc3ccccc3s2)c1. The molecule has 25 heavy (non-hydrogen) atoms. The fourth-order valence-electron chi connectivity index (χ4n) is 2.35. The summed E-state index contributed by atoms with van der Waals surface area (Å²) in [6.07, 6.45) is 0. The lowest BCUT2D eigenvalue weighted by atomic mass is 10.2. The van der Waals surface area contributed by atoms with Crippen LogP contribution in [0.1, 0.15) is 6.92 Å². The number of nitrogens with one attached hydrogen (secondary N) is 1. The standard InChI is InChI=1S/C19H20N2O3S/c1-2-23-10-11-24-13-18(22)20-15-7-5-6-14(12-15)19-21-16-8-3-4-9-17(16)25-19/h3-9,12H,2,10-11,13H2,1H3,(H,20,22). The van der Waals surface area contributed by atoms with Crippen LogP contribution in [0.3, 0.4) is 0 Å². The first kappa shape index (κ1) is 17.5. The molecule has 1 aromatic heterocycles. The Morgan fingerprint density at radius 1 is 1.12 bits per heavy atom. The summed E-state index contributed by atoms with van der Waals surface area (Å²) < 4.78 is 11.6. The fourth-order valence-corrected chi connectivity index (χ4v) is 3.31. The zero-order chi connectivity index (χ0) is 17.5. The number of rotatable bonds is 8. The van der Waals surface area contributed by atoms with Gasteiger partial charge in [-0.15, -0.1) is 11.3 Å². The fraction of sp³-hybridized carbons (Fsp3) is 0.263. The normalized spacial score (nSPS) is 10.9.